The molecule has 0 fully saturated rings. The van der Waals surface area contributed by atoms with Crippen molar-refractivity contribution >= 4 is 21.8 Å². The predicted molar refractivity (Wildman–Crippen MR) is 96.3 cm³/mol. The van der Waals surface area contributed by atoms with Crippen molar-refractivity contribution in [2.45, 2.75) is 18.7 Å². The molecular formula is C17H25N3O5S. The van der Waals surface area contributed by atoms with E-state index in [2.05, 4.69) is 0 Å². The van der Waals surface area contributed by atoms with Crippen molar-refractivity contribution < 1.29 is 22.7 Å². The van der Waals surface area contributed by atoms with Crippen LogP contribution < -0.4 is 5.73 Å². The molecule has 1 heterocycles. The summed E-state index contributed by atoms with van der Waals surface area (Å²) >= 11 is 0. The average Bonchev–Trinajstić information content (AvgIpc) is 2.78. The van der Waals surface area contributed by atoms with Crippen LogP contribution >= 0.6 is 0 Å². The Balaban J connectivity index is 2.33. The summed E-state index contributed by atoms with van der Waals surface area (Å²) in [6.07, 6.45) is 0. The van der Waals surface area contributed by atoms with Gasteiger partial charge < -0.3 is 15.4 Å². The maximum atomic E-state index is 12.7. The smallest absolute Gasteiger partial charge is 0.269 e. The topological polar surface area (TPSA) is 110 Å². The highest BCUT2D eigenvalue weighted by molar-refractivity contribution is 7.90. The third-order valence-electron chi connectivity index (χ3n) is 4.32. The highest BCUT2D eigenvalue weighted by Gasteiger charge is 2.41. The van der Waals surface area contributed by atoms with Crippen LogP contribution in [0.25, 0.3) is 0 Å². The van der Waals surface area contributed by atoms with Gasteiger partial charge in [0.25, 0.3) is 21.8 Å². The second-order valence-electron chi connectivity index (χ2n) is 7.12. The lowest BCUT2D eigenvalue weighted by Gasteiger charge is -2.29. The Morgan fingerprint density at radius 2 is 2.00 bits per heavy atom. The molecule has 0 aromatic heterocycles. The molecule has 9 heteroatoms. The molecule has 1 aromatic carbocycles. The van der Waals surface area contributed by atoms with Crippen LogP contribution in [0.4, 0.5) is 0 Å². The minimum atomic E-state index is -3.98. The summed E-state index contributed by atoms with van der Waals surface area (Å²) in [5.74, 6) is -0.930. The fraction of sp³-hybridized carbons (Fsp3) is 0.529. The Labute approximate surface area is 153 Å². The van der Waals surface area contributed by atoms with Crippen molar-refractivity contribution in [3.8, 4) is 0 Å². The van der Waals surface area contributed by atoms with E-state index in [9.17, 15) is 18.0 Å². The quantitative estimate of drug-likeness (QED) is 0.736. The highest BCUT2D eigenvalue weighted by Crippen LogP contribution is 2.31. The van der Waals surface area contributed by atoms with Crippen molar-refractivity contribution in [2.24, 2.45) is 11.1 Å². The number of hydrogen-bond donors (Lipinski definition) is 1. The molecule has 2 rings (SSSR count). The van der Waals surface area contributed by atoms with E-state index in [1.165, 1.54) is 30.2 Å². The number of fused-ring (bicyclic) bond motifs is 1. The molecule has 144 valence electrons. The zero-order chi connectivity index (χ0) is 19.7. The van der Waals surface area contributed by atoms with Gasteiger partial charge >= 0.3 is 0 Å². The molecule has 0 aliphatic carbocycles. The van der Waals surface area contributed by atoms with E-state index in [-0.39, 0.29) is 40.5 Å². The van der Waals surface area contributed by atoms with Gasteiger partial charge in [-0.05, 0) is 30.2 Å². The van der Waals surface area contributed by atoms with Crippen molar-refractivity contribution in [1.29, 1.82) is 0 Å². The van der Waals surface area contributed by atoms with E-state index in [0.717, 1.165) is 4.31 Å². The van der Waals surface area contributed by atoms with Crippen LogP contribution in [-0.2, 0) is 14.8 Å². The summed E-state index contributed by atoms with van der Waals surface area (Å²) in [6.45, 7) is 4.74. The molecule has 8 nitrogen and oxygen atoms in total. The van der Waals surface area contributed by atoms with E-state index < -0.39 is 15.9 Å². The fourth-order valence-corrected chi connectivity index (χ4v) is 4.38. The van der Waals surface area contributed by atoms with Crippen LogP contribution in [0.3, 0.4) is 0 Å². The van der Waals surface area contributed by atoms with Gasteiger partial charge in [-0.15, -0.1) is 0 Å². The molecule has 0 bridgehead atoms. The summed E-state index contributed by atoms with van der Waals surface area (Å²) in [5, 5.41) is 0. The number of carbonyl (C=O) groups excluding carboxylic acids is 2. The van der Waals surface area contributed by atoms with Gasteiger partial charge in [-0.2, -0.15) is 0 Å². The van der Waals surface area contributed by atoms with Gasteiger partial charge in [-0.25, -0.2) is 12.7 Å². The molecular weight excluding hydrogens is 358 g/mol. The molecule has 0 unspecified atom stereocenters. The second-order valence-corrected chi connectivity index (χ2v) is 8.95. The number of carbonyl (C=O) groups is 2. The number of amides is 2. The minimum absolute atomic E-state index is 0.0692. The SMILES string of the molecule is COCCN1C(=O)c2ccc(C(=O)N(C)CC(C)(C)CN)cc2S1(=O)=O. The van der Waals surface area contributed by atoms with Gasteiger partial charge in [-0.3, -0.25) is 9.59 Å². The molecule has 26 heavy (non-hydrogen) atoms. The van der Waals surface area contributed by atoms with Crippen molar-refractivity contribution in [3.05, 3.63) is 29.3 Å². The van der Waals surface area contributed by atoms with Crippen molar-refractivity contribution in [2.75, 3.05) is 40.4 Å². The number of sulfonamides is 1. The normalized spacial score (nSPS) is 15.9. The third kappa shape index (κ3) is 3.74. The van der Waals surface area contributed by atoms with Crippen LogP contribution in [0.1, 0.15) is 34.6 Å². The molecule has 0 radical (unpaired) electrons. The Morgan fingerprint density at radius 3 is 2.58 bits per heavy atom. The Bertz CT molecular complexity index is 820. The fourth-order valence-electron chi connectivity index (χ4n) is 2.80. The van der Waals surface area contributed by atoms with Gasteiger partial charge in [0.05, 0.1) is 18.7 Å². The predicted octanol–water partition coefficient (Wildman–Crippen LogP) is 0.534. The van der Waals surface area contributed by atoms with E-state index in [0.29, 0.717) is 13.1 Å². The average molecular weight is 383 g/mol. The Hall–Kier alpha value is -1.97. The van der Waals surface area contributed by atoms with Crippen LogP contribution in [0.15, 0.2) is 23.1 Å². The minimum Gasteiger partial charge on any atom is -0.383 e. The third-order valence-corrected chi connectivity index (χ3v) is 6.14. The lowest BCUT2D eigenvalue weighted by atomic mass is 9.93. The zero-order valence-corrected chi connectivity index (χ0v) is 16.3. The molecule has 2 N–H and O–H groups in total. The largest absolute Gasteiger partial charge is 0.383 e. The first-order valence-electron chi connectivity index (χ1n) is 8.21. The maximum Gasteiger partial charge on any atom is 0.269 e. The molecule has 2 amide bonds. The number of nitrogens with two attached hydrogens (primary N) is 1. The van der Waals surface area contributed by atoms with Crippen LogP contribution in [0.2, 0.25) is 0 Å². The lowest BCUT2D eigenvalue weighted by Crippen LogP contribution is -2.39. The summed E-state index contributed by atoms with van der Waals surface area (Å²) in [7, 11) is -0.914. The molecule has 1 aromatic rings. The van der Waals surface area contributed by atoms with Gasteiger partial charge in [0.2, 0.25) is 0 Å². The zero-order valence-electron chi connectivity index (χ0n) is 15.5. The second kappa shape index (κ2) is 7.34. The van der Waals surface area contributed by atoms with Gasteiger partial charge in [0, 0.05) is 26.3 Å². The lowest BCUT2D eigenvalue weighted by molar-refractivity contribution is 0.0739. The number of ether oxygens (including phenoxy) is 1. The molecule has 1 aliphatic heterocycles. The van der Waals surface area contributed by atoms with Crippen LogP contribution in [-0.4, -0.2) is 69.8 Å². The first-order valence-corrected chi connectivity index (χ1v) is 9.65. The van der Waals surface area contributed by atoms with Gasteiger partial charge in [0.1, 0.15) is 4.90 Å². The van der Waals surface area contributed by atoms with E-state index in [1.807, 2.05) is 13.8 Å². The molecule has 0 spiro atoms. The summed E-state index contributed by atoms with van der Waals surface area (Å²) < 4.78 is 30.9. The van der Waals surface area contributed by atoms with Crippen molar-refractivity contribution in [1.82, 2.24) is 9.21 Å². The molecule has 0 saturated carbocycles. The Kier molecular flexibility index (Phi) is 5.74. The van der Waals surface area contributed by atoms with E-state index in [1.54, 1.807) is 7.05 Å². The summed E-state index contributed by atoms with van der Waals surface area (Å²) in [6, 6.07) is 4.13. The molecule has 0 atom stereocenters. The summed E-state index contributed by atoms with van der Waals surface area (Å²) in [4.78, 5) is 26.4. The maximum absolute atomic E-state index is 12.7. The number of rotatable bonds is 7. The number of benzene rings is 1. The standard InChI is InChI=1S/C17H25N3O5S/c1-17(2,10-18)11-19(3)15(21)12-5-6-13-14(9-12)26(23,24)20(16(13)22)7-8-25-4/h5-6,9H,7-8,10-11,18H2,1-4H3. The monoisotopic (exact) mass is 383 g/mol. The molecule has 0 saturated heterocycles. The van der Waals surface area contributed by atoms with Gasteiger partial charge in [0.15, 0.2) is 0 Å². The number of nitrogens with zero attached hydrogens (tertiary/aromatic N) is 2. The van der Waals surface area contributed by atoms with Crippen LogP contribution in [0, 0.1) is 5.41 Å². The first-order chi connectivity index (χ1) is 12.0. The Morgan fingerprint density at radius 1 is 1.35 bits per heavy atom. The van der Waals surface area contributed by atoms with Crippen LogP contribution in [0.5, 0.6) is 0 Å². The highest BCUT2D eigenvalue weighted by atomic mass is 32.2. The van der Waals surface area contributed by atoms with E-state index in [4.69, 9.17) is 10.5 Å². The number of hydrogen-bond acceptors (Lipinski definition) is 6. The first kappa shape index (κ1) is 20.3. The number of methoxy groups -OCH3 is 1. The summed E-state index contributed by atoms with van der Waals surface area (Å²) in [5.41, 5.74) is 5.72. The van der Waals surface area contributed by atoms with E-state index >= 15 is 0 Å². The van der Waals surface area contributed by atoms with Crippen molar-refractivity contribution in [3.63, 3.8) is 0 Å². The molecule has 1 aliphatic rings. The van der Waals surface area contributed by atoms with Gasteiger partial charge in [-0.1, -0.05) is 13.8 Å².